The molecule has 0 spiro atoms. The van der Waals surface area contributed by atoms with E-state index in [1.54, 1.807) is 13.1 Å². The number of fused-ring (bicyclic) bond motifs is 1. The molecule has 1 aliphatic rings. The molecule has 4 aromatic rings. The van der Waals surface area contributed by atoms with Crippen LogP contribution in [-0.2, 0) is 14.3 Å². The van der Waals surface area contributed by atoms with E-state index in [2.05, 4.69) is 20.2 Å². The van der Waals surface area contributed by atoms with Gasteiger partial charge in [0.15, 0.2) is 6.10 Å². The molecule has 1 atom stereocenters. The molecule has 1 aromatic carbocycles. The topological polar surface area (TPSA) is 109 Å². The maximum atomic E-state index is 12.6. The van der Waals surface area contributed by atoms with Gasteiger partial charge in [0, 0.05) is 36.0 Å². The normalized spacial score (nSPS) is 14.7. The van der Waals surface area contributed by atoms with Crippen molar-refractivity contribution in [3.8, 4) is 11.4 Å². The van der Waals surface area contributed by atoms with Crippen LogP contribution in [0.4, 0.5) is 17.2 Å². The van der Waals surface area contributed by atoms with Gasteiger partial charge in [0.05, 0.1) is 24.3 Å². The van der Waals surface area contributed by atoms with Crippen LogP contribution in [-0.4, -0.2) is 47.7 Å². The maximum absolute atomic E-state index is 12.6. The lowest BCUT2D eigenvalue weighted by Gasteiger charge is -2.28. The number of nitrogens with one attached hydrogen (secondary N) is 2. The Morgan fingerprint density at radius 3 is 2.74 bits per heavy atom. The average molecular weight is 478 g/mol. The zero-order chi connectivity index (χ0) is 23.5. The van der Waals surface area contributed by atoms with Crippen molar-refractivity contribution in [2.45, 2.75) is 13.0 Å². The predicted octanol–water partition coefficient (Wildman–Crippen LogP) is 3.86. The molecular formula is C24H23N5O4S. The lowest BCUT2D eigenvalue weighted by atomic mass is 10.1. The Labute approximate surface area is 199 Å². The highest BCUT2D eigenvalue weighted by atomic mass is 32.1. The number of nitrogens with zero attached hydrogens (tertiary/aromatic N) is 3. The van der Waals surface area contributed by atoms with Gasteiger partial charge in [0.2, 0.25) is 0 Å². The molecule has 3 aromatic heterocycles. The second-order valence-electron chi connectivity index (χ2n) is 7.84. The number of carbonyl (C=O) groups excluding carboxylic acids is 1. The van der Waals surface area contributed by atoms with Gasteiger partial charge >= 0.3 is 0 Å². The maximum Gasteiger partial charge on any atom is 0.293 e. The minimum absolute atomic E-state index is 0.226. The second kappa shape index (κ2) is 9.62. The molecule has 1 saturated heterocycles. The first-order chi connectivity index (χ1) is 16.6. The lowest BCUT2D eigenvalue weighted by Crippen LogP contribution is -2.36. The van der Waals surface area contributed by atoms with Crippen molar-refractivity contribution in [2.24, 2.45) is 0 Å². The summed E-state index contributed by atoms with van der Waals surface area (Å²) in [5, 5.41) is 7.05. The summed E-state index contributed by atoms with van der Waals surface area (Å²) in [6.07, 6.45) is 1.17. The minimum Gasteiger partial charge on any atom is -0.457 e. The van der Waals surface area contributed by atoms with Gasteiger partial charge in [-0.05, 0) is 48.7 Å². The molecule has 10 heteroatoms. The van der Waals surface area contributed by atoms with E-state index in [1.807, 2.05) is 41.8 Å². The fraction of sp³-hybridized carbons (Fsp3) is 0.250. The van der Waals surface area contributed by atoms with Crippen LogP contribution in [0, 0.1) is 0 Å². The van der Waals surface area contributed by atoms with Crippen molar-refractivity contribution >= 4 is 45.8 Å². The van der Waals surface area contributed by atoms with Crippen molar-refractivity contribution in [1.82, 2.24) is 15.0 Å². The van der Waals surface area contributed by atoms with E-state index < -0.39 is 6.10 Å². The molecule has 1 unspecified atom stereocenters. The van der Waals surface area contributed by atoms with Gasteiger partial charge in [-0.2, -0.15) is 0 Å². The van der Waals surface area contributed by atoms with Crippen LogP contribution < -0.4 is 15.8 Å². The van der Waals surface area contributed by atoms with E-state index in [1.165, 1.54) is 11.3 Å². The fourth-order valence-corrected chi connectivity index (χ4v) is 4.69. The Bertz CT molecular complexity index is 1360. The van der Waals surface area contributed by atoms with Gasteiger partial charge in [-0.1, -0.05) is 0 Å². The van der Waals surface area contributed by atoms with Crippen LogP contribution >= 0.6 is 11.3 Å². The number of thiazole rings is 1. The number of carbonyl (C=O) groups is 1. The van der Waals surface area contributed by atoms with E-state index in [-0.39, 0.29) is 5.56 Å². The Hall–Kier alpha value is -3.76. The number of ether oxygens (including phenoxy) is 2. The monoisotopic (exact) mass is 477 g/mol. The van der Waals surface area contributed by atoms with E-state index in [4.69, 9.17) is 14.5 Å². The third-order valence-corrected chi connectivity index (χ3v) is 6.66. The first-order valence-corrected chi connectivity index (χ1v) is 11.8. The largest absolute Gasteiger partial charge is 0.457 e. The molecule has 34 heavy (non-hydrogen) atoms. The molecule has 174 valence electrons. The van der Waals surface area contributed by atoms with E-state index >= 15 is 0 Å². The van der Waals surface area contributed by atoms with Crippen LogP contribution in [0.15, 0.2) is 52.8 Å². The minimum atomic E-state index is -0.442. The first kappa shape index (κ1) is 22.1. The highest BCUT2D eigenvalue weighted by molar-refractivity contribution is 7.10. The van der Waals surface area contributed by atoms with Gasteiger partial charge in [-0.15, -0.1) is 11.3 Å². The van der Waals surface area contributed by atoms with Crippen molar-refractivity contribution in [1.29, 1.82) is 0 Å². The predicted molar refractivity (Wildman–Crippen MR) is 132 cm³/mol. The molecule has 0 radical (unpaired) electrons. The van der Waals surface area contributed by atoms with Crippen molar-refractivity contribution in [3.05, 3.63) is 63.3 Å². The molecule has 2 N–H and O–H groups in total. The van der Waals surface area contributed by atoms with E-state index in [0.717, 1.165) is 43.1 Å². The average Bonchev–Trinajstić information content (AvgIpc) is 3.36. The van der Waals surface area contributed by atoms with Gasteiger partial charge in [0.25, 0.3) is 12.0 Å². The molecule has 0 bridgehead atoms. The number of pyridine rings is 2. The molecule has 0 saturated carbocycles. The lowest BCUT2D eigenvalue weighted by molar-refractivity contribution is -0.133. The summed E-state index contributed by atoms with van der Waals surface area (Å²) in [5.41, 5.74) is 2.98. The third kappa shape index (κ3) is 4.50. The smallest absolute Gasteiger partial charge is 0.293 e. The third-order valence-electron chi connectivity index (χ3n) is 5.65. The number of hydrogen-bond acceptors (Lipinski definition) is 9. The fourth-order valence-electron chi connectivity index (χ4n) is 3.88. The van der Waals surface area contributed by atoms with Gasteiger partial charge in [0.1, 0.15) is 16.5 Å². The van der Waals surface area contributed by atoms with E-state index in [9.17, 15) is 9.59 Å². The summed E-state index contributed by atoms with van der Waals surface area (Å²) in [4.78, 5) is 37.6. The molecule has 5 rings (SSSR count). The summed E-state index contributed by atoms with van der Waals surface area (Å²) >= 11 is 1.39. The number of H-pyrrole nitrogens is 1. The van der Waals surface area contributed by atoms with E-state index in [0.29, 0.717) is 34.1 Å². The van der Waals surface area contributed by atoms with Gasteiger partial charge in [-0.25, -0.2) is 9.97 Å². The summed E-state index contributed by atoms with van der Waals surface area (Å²) in [7, 11) is 0. The number of anilines is 3. The van der Waals surface area contributed by atoms with Gasteiger partial charge in [-0.3, -0.25) is 9.59 Å². The Morgan fingerprint density at radius 2 is 1.97 bits per heavy atom. The molecule has 0 aliphatic carbocycles. The molecule has 4 heterocycles. The van der Waals surface area contributed by atoms with Gasteiger partial charge < -0.3 is 24.7 Å². The molecule has 1 aliphatic heterocycles. The molecule has 9 nitrogen and oxygen atoms in total. The summed E-state index contributed by atoms with van der Waals surface area (Å²) in [6, 6.07) is 11.7. The van der Waals surface area contributed by atoms with Crippen LogP contribution in [0.1, 0.15) is 18.0 Å². The zero-order valence-corrected chi connectivity index (χ0v) is 19.3. The standard InChI is InChI=1S/C24H23N5O4S/c1-15(33-14-30)24-28-20(13-34-24)19-12-16-6-7-25-23(31)21(16)22(27-19)26-17-2-4-18(5-3-17)29-8-10-32-11-9-29/h2-7,12-15H,8-11H2,1H3,(H,25,31)(H,26,27). The number of morpholine rings is 1. The van der Waals surface area contributed by atoms with Crippen LogP contribution in [0.25, 0.3) is 22.2 Å². The Kier molecular flexibility index (Phi) is 6.24. The Morgan fingerprint density at radius 1 is 1.18 bits per heavy atom. The first-order valence-electron chi connectivity index (χ1n) is 10.9. The number of rotatable bonds is 7. The number of hydrogen-bond donors (Lipinski definition) is 2. The SMILES string of the molecule is CC(OC=O)c1nc(-c2cc3cc[nH]c(=O)c3c(Nc3ccc(N4CCOCC4)cc3)n2)cs1. The molecule has 1 fully saturated rings. The summed E-state index contributed by atoms with van der Waals surface area (Å²) < 4.78 is 10.4. The number of aromatic amines is 1. The van der Waals surface area contributed by atoms with Crippen LogP contribution in [0.3, 0.4) is 0 Å². The van der Waals surface area contributed by atoms with Crippen molar-refractivity contribution in [3.63, 3.8) is 0 Å². The van der Waals surface area contributed by atoms with Crippen molar-refractivity contribution in [2.75, 3.05) is 36.5 Å². The number of benzene rings is 1. The zero-order valence-electron chi connectivity index (χ0n) is 18.5. The number of aromatic nitrogens is 3. The highest BCUT2D eigenvalue weighted by Crippen LogP contribution is 2.31. The summed E-state index contributed by atoms with van der Waals surface area (Å²) in [5.74, 6) is 0.445. The summed E-state index contributed by atoms with van der Waals surface area (Å²) in [6.45, 7) is 5.36. The van der Waals surface area contributed by atoms with Crippen LogP contribution in [0.2, 0.25) is 0 Å². The second-order valence-corrected chi connectivity index (χ2v) is 8.73. The molecule has 0 amide bonds. The van der Waals surface area contributed by atoms with Crippen molar-refractivity contribution < 1.29 is 14.3 Å². The Balaban J connectivity index is 1.49. The molecular weight excluding hydrogens is 454 g/mol. The highest BCUT2D eigenvalue weighted by Gasteiger charge is 2.16. The van der Waals surface area contributed by atoms with Crippen LogP contribution in [0.5, 0.6) is 0 Å². The quantitative estimate of drug-likeness (QED) is 0.386.